The number of carbonyl (C=O) groups excluding carboxylic acids is 1. The van der Waals surface area contributed by atoms with E-state index < -0.39 is 6.03 Å². The Hall–Kier alpha value is -2.20. The SMILES string of the molecule is Cc1ccc(NC(=O)Nc2cc(Cl)ccc2O)cc1. The molecule has 0 saturated heterocycles. The van der Waals surface area contributed by atoms with Crippen LogP contribution in [0.4, 0.5) is 16.2 Å². The van der Waals surface area contributed by atoms with Gasteiger partial charge in [-0.05, 0) is 37.3 Å². The van der Waals surface area contributed by atoms with E-state index in [2.05, 4.69) is 10.6 Å². The van der Waals surface area contributed by atoms with E-state index >= 15 is 0 Å². The molecule has 0 unspecified atom stereocenters. The number of urea groups is 1. The van der Waals surface area contributed by atoms with Crippen LogP contribution in [0.3, 0.4) is 0 Å². The Kier molecular flexibility index (Phi) is 3.92. The van der Waals surface area contributed by atoms with E-state index in [1.165, 1.54) is 12.1 Å². The van der Waals surface area contributed by atoms with Crippen LogP contribution in [0, 0.1) is 6.92 Å². The summed E-state index contributed by atoms with van der Waals surface area (Å²) < 4.78 is 0. The molecule has 2 rings (SSSR count). The molecule has 0 atom stereocenters. The molecular weight excluding hydrogens is 264 g/mol. The molecule has 0 fully saturated rings. The minimum absolute atomic E-state index is 0.0385. The highest BCUT2D eigenvalue weighted by atomic mass is 35.5. The molecule has 98 valence electrons. The Labute approximate surface area is 116 Å². The maximum atomic E-state index is 11.8. The average Bonchev–Trinajstić information content (AvgIpc) is 2.37. The molecule has 2 aromatic carbocycles. The van der Waals surface area contributed by atoms with Crippen molar-refractivity contribution in [3.63, 3.8) is 0 Å². The highest BCUT2D eigenvalue weighted by Gasteiger charge is 2.07. The molecule has 2 aromatic rings. The summed E-state index contributed by atoms with van der Waals surface area (Å²) in [6, 6.07) is 11.4. The van der Waals surface area contributed by atoms with Crippen molar-refractivity contribution in [2.45, 2.75) is 6.92 Å². The topological polar surface area (TPSA) is 61.4 Å². The summed E-state index contributed by atoms with van der Waals surface area (Å²) in [5.74, 6) is -0.0385. The lowest BCUT2D eigenvalue weighted by Crippen LogP contribution is -2.19. The van der Waals surface area contributed by atoms with Gasteiger partial charge in [-0.25, -0.2) is 4.79 Å². The number of amides is 2. The number of aryl methyl sites for hydroxylation is 1. The molecule has 3 N–H and O–H groups in total. The molecule has 0 aromatic heterocycles. The third kappa shape index (κ3) is 3.63. The van der Waals surface area contributed by atoms with Crippen LogP contribution in [0.25, 0.3) is 0 Å². The van der Waals surface area contributed by atoms with Crippen molar-refractivity contribution < 1.29 is 9.90 Å². The summed E-state index contributed by atoms with van der Waals surface area (Å²) in [5, 5.41) is 15.2. The molecule has 0 saturated carbocycles. The molecule has 0 bridgehead atoms. The number of hydrogen-bond acceptors (Lipinski definition) is 2. The van der Waals surface area contributed by atoms with Crippen molar-refractivity contribution in [1.29, 1.82) is 0 Å². The number of aromatic hydroxyl groups is 1. The summed E-state index contributed by atoms with van der Waals surface area (Å²) >= 11 is 5.80. The van der Waals surface area contributed by atoms with Crippen LogP contribution in [0.2, 0.25) is 5.02 Å². The molecular formula is C14H13ClN2O2. The van der Waals surface area contributed by atoms with Crippen LogP contribution in [0.1, 0.15) is 5.56 Å². The van der Waals surface area contributed by atoms with Crippen LogP contribution in [0.5, 0.6) is 5.75 Å². The Balaban J connectivity index is 2.05. The van der Waals surface area contributed by atoms with E-state index in [1.54, 1.807) is 18.2 Å². The molecule has 5 heteroatoms. The number of carbonyl (C=O) groups is 1. The highest BCUT2D eigenvalue weighted by Crippen LogP contribution is 2.26. The predicted molar refractivity (Wildman–Crippen MR) is 76.9 cm³/mol. The number of anilines is 2. The van der Waals surface area contributed by atoms with Crippen LogP contribution < -0.4 is 10.6 Å². The zero-order valence-corrected chi connectivity index (χ0v) is 11.0. The Morgan fingerprint density at radius 2 is 1.79 bits per heavy atom. The van der Waals surface area contributed by atoms with Crippen molar-refractivity contribution in [2.75, 3.05) is 10.6 Å². The van der Waals surface area contributed by atoms with Gasteiger partial charge in [0.15, 0.2) is 0 Å². The van der Waals surface area contributed by atoms with Crippen molar-refractivity contribution in [2.24, 2.45) is 0 Å². The molecule has 19 heavy (non-hydrogen) atoms. The number of phenols is 1. The monoisotopic (exact) mass is 276 g/mol. The first kappa shape index (κ1) is 13.2. The van der Waals surface area contributed by atoms with Gasteiger partial charge >= 0.3 is 6.03 Å². The highest BCUT2D eigenvalue weighted by molar-refractivity contribution is 6.31. The molecule has 0 aliphatic rings. The third-order valence-electron chi connectivity index (χ3n) is 2.52. The quantitative estimate of drug-likeness (QED) is 0.726. The maximum absolute atomic E-state index is 11.8. The summed E-state index contributed by atoms with van der Waals surface area (Å²) in [5.41, 5.74) is 2.04. The fourth-order valence-electron chi connectivity index (χ4n) is 1.53. The van der Waals surface area contributed by atoms with Crippen molar-refractivity contribution in [3.05, 3.63) is 53.1 Å². The number of hydrogen-bond donors (Lipinski definition) is 3. The minimum Gasteiger partial charge on any atom is -0.506 e. The Bertz CT molecular complexity index is 597. The van der Waals surface area contributed by atoms with Gasteiger partial charge < -0.3 is 15.7 Å². The standard InChI is InChI=1S/C14H13ClN2O2/c1-9-2-5-11(6-3-9)16-14(19)17-12-8-10(15)4-7-13(12)18/h2-8,18H,1H3,(H2,16,17,19). The van der Waals surface area contributed by atoms with Crippen LogP contribution in [-0.4, -0.2) is 11.1 Å². The van der Waals surface area contributed by atoms with E-state index in [0.717, 1.165) is 5.56 Å². The van der Waals surface area contributed by atoms with Gasteiger partial charge in [0.1, 0.15) is 5.75 Å². The van der Waals surface area contributed by atoms with E-state index in [0.29, 0.717) is 10.7 Å². The Morgan fingerprint density at radius 1 is 1.11 bits per heavy atom. The van der Waals surface area contributed by atoms with Crippen molar-refractivity contribution in [3.8, 4) is 5.75 Å². The molecule has 4 nitrogen and oxygen atoms in total. The van der Waals surface area contributed by atoms with E-state index in [1.807, 2.05) is 19.1 Å². The van der Waals surface area contributed by atoms with Gasteiger partial charge in [0.05, 0.1) is 5.69 Å². The fraction of sp³-hybridized carbons (Fsp3) is 0.0714. The molecule has 0 heterocycles. The van der Waals surface area contributed by atoms with E-state index in [-0.39, 0.29) is 11.4 Å². The molecule has 0 aliphatic heterocycles. The van der Waals surface area contributed by atoms with Crippen LogP contribution in [-0.2, 0) is 0 Å². The lowest BCUT2D eigenvalue weighted by molar-refractivity contribution is 0.262. The molecule has 0 radical (unpaired) electrons. The van der Waals surface area contributed by atoms with E-state index in [9.17, 15) is 9.90 Å². The normalized spacial score (nSPS) is 10.0. The van der Waals surface area contributed by atoms with Gasteiger partial charge in [0, 0.05) is 10.7 Å². The fourth-order valence-corrected chi connectivity index (χ4v) is 1.70. The summed E-state index contributed by atoms with van der Waals surface area (Å²) in [6.07, 6.45) is 0. The number of phenolic OH excluding ortho intramolecular Hbond substituents is 1. The Morgan fingerprint density at radius 3 is 2.47 bits per heavy atom. The zero-order chi connectivity index (χ0) is 13.8. The van der Waals surface area contributed by atoms with Gasteiger partial charge in [0.25, 0.3) is 0 Å². The second-order valence-corrected chi connectivity index (χ2v) is 4.54. The van der Waals surface area contributed by atoms with Gasteiger partial charge in [-0.15, -0.1) is 0 Å². The maximum Gasteiger partial charge on any atom is 0.323 e. The first-order chi connectivity index (χ1) is 9.04. The van der Waals surface area contributed by atoms with Crippen molar-refractivity contribution >= 4 is 29.0 Å². The van der Waals surface area contributed by atoms with Crippen LogP contribution >= 0.6 is 11.6 Å². The molecule has 0 aliphatic carbocycles. The average molecular weight is 277 g/mol. The summed E-state index contributed by atoms with van der Waals surface area (Å²) in [4.78, 5) is 11.8. The second kappa shape index (κ2) is 5.63. The first-order valence-electron chi connectivity index (χ1n) is 5.68. The summed E-state index contributed by atoms with van der Waals surface area (Å²) in [7, 11) is 0. The zero-order valence-electron chi connectivity index (χ0n) is 10.3. The first-order valence-corrected chi connectivity index (χ1v) is 6.05. The minimum atomic E-state index is -0.443. The second-order valence-electron chi connectivity index (χ2n) is 4.11. The summed E-state index contributed by atoms with van der Waals surface area (Å²) in [6.45, 7) is 1.97. The van der Waals surface area contributed by atoms with Crippen LogP contribution in [0.15, 0.2) is 42.5 Å². The van der Waals surface area contributed by atoms with Crippen molar-refractivity contribution in [1.82, 2.24) is 0 Å². The third-order valence-corrected chi connectivity index (χ3v) is 2.75. The predicted octanol–water partition coefficient (Wildman–Crippen LogP) is 4.00. The number of rotatable bonds is 2. The van der Waals surface area contributed by atoms with Gasteiger partial charge in [0.2, 0.25) is 0 Å². The largest absolute Gasteiger partial charge is 0.506 e. The lowest BCUT2D eigenvalue weighted by Gasteiger charge is -2.09. The van der Waals surface area contributed by atoms with Gasteiger partial charge in [-0.2, -0.15) is 0 Å². The lowest BCUT2D eigenvalue weighted by atomic mass is 10.2. The van der Waals surface area contributed by atoms with E-state index in [4.69, 9.17) is 11.6 Å². The number of benzene rings is 2. The van der Waals surface area contributed by atoms with Gasteiger partial charge in [-0.1, -0.05) is 29.3 Å². The number of nitrogens with one attached hydrogen (secondary N) is 2. The van der Waals surface area contributed by atoms with Gasteiger partial charge in [-0.3, -0.25) is 0 Å². The molecule has 2 amide bonds. The number of halogens is 1. The smallest absolute Gasteiger partial charge is 0.323 e. The molecule has 0 spiro atoms.